The van der Waals surface area contributed by atoms with E-state index in [4.69, 9.17) is 10.5 Å². The maximum absolute atomic E-state index is 12.1. The first-order chi connectivity index (χ1) is 9.08. The van der Waals surface area contributed by atoms with Crippen LogP contribution < -0.4 is 10.6 Å². The Morgan fingerprint density at radius 3 is 2.42 bits per heavy atom. The van der Waals surface area contributed by atoms with Crippen molar-refractivity contribution in [3.05, 3.63) is 29.8 Å². The van der Waals surface area contributed by atoms with E-state index in [1.165, 1.54) is 0 Å². The molecule has 19 heavy (non-hydrogen) atoms. The standard InChI is InChI=1S/C15H24N2O2/c1-4-9-17(15(18)19-11-12(2)3)14-7-5-13(10-16)6-8-14/h5-8,12H,4,9-11,16H2,1-3H3. The molecule has 0 unspecified atom stereocenters. The average molecular weight is 264 g/mol. The fourth-order valence-corrected chi connectivity index (χ4v) is 1.68. The summed E-state index contributed by atoms with van der Waals surface area (Å²) in [6.45, 7) is 7.68. The van der Waals surface area contributed by atoms with E-state index < -0.39 is 0 Å². The van der Waals surface area contributed by atoms with Gasteiger partial charge in [0, 0.05) is 18.8 Å². The Hall–Kier alpha value is -1.55. The van der Waals surface area contributed by atoms with Crippen LogP contribution in [0.3, 0.4) is 0 Å². The molecule has 2 N–H and O–H groups in total. The number of carbonyl (C=O) groups excluding carboxylic acids is 1. The highest BCUT2D eigenvalue weighted by Crippen LogP contribution is 2.17. The van der Waals surface area contributed by atoms with E-state index in [0.29, 0.717) is 25.6 Å². The van der Waals surface area contributed by atoms with Crippen molar-refractivity contribution in [2.75, 3.05) is 18.1 Å². The van der Waals surface area contributed by atoms with Crippen LogP contribution in [0.5, 0.6) is 0 Å². The maximum atomic E-state index is 12.1. The monoisotopic (exact) mass is 264 g/mol. The summed E-state index contributed by atoms with van der Waals surface area (Å²) in [6.07, 6.45) is 0.603. The molecule has 0 radical (unpaired) electrons. The first kappa shape index (κ1) is 15.5. The van der Waals surface area contributed by atoms with Gasteiger partial charge >= 0.3 is 6.09 Å². The third kappa shape index (κ3) is 4.91. The van der Waals surface area contributed by atoms with Crippen LogP contribution in [0.15, 0.2) is 24.3 Å². The first-order valence-corrected chi connectivity index (χ1v) is 6.81. The van der Waals surface area contributed by atoms with Crippen molar-refractivity contribution in [3.8, 4) is 0 Å². The summed E-state index contributed by atoms with van der Waals surface area (Å²) >= 11 is 0. The highest BCUT2D eigenvalue weighted by atomic mass is 16.6. The number of carbonyl (C=O) groups is 1. The largest absolute Gasteiger partial charge is 0.449 e. The summed E-state index contributed by atoms with van der Waals surface area (Å²) in [7, 11) is 0. The second-order valence-electron chi connectivity index (χ2n) is 4.99. The molecule has 0 aromatic heterocycles. The SMILES string of the molecule is CCCN(C(=O)OCC(C)C)c1ccc(CN)cc1. The van der Waals surface area contributed by atoms with Crippen molar-refractivity contribution in [1.29, 1.82) is 0 Å². The maximum Gasteiger partial charge on any atom is 0.414 e. The molecule has 0 saturated carbocycles. The fraction of sp³-hybridized carbons (Fsp3) is 0.533. The Labute approximate surface area is 115 Å². The van der Waals surface area contributed by atoms with Crippen LogP contribution in [-0.4, -0.2) is 19.2 Å². The van der Waals surface area contributed by atoms with E-state index in [1.807, 2.05) is 45.0 Å². The summed E-state index contributed by atoms with van der Waals surface area (Å²) in [4.78, 5) is 13.7. The highest BCUT2D eigenvalue weighted by molar-refractivity contribution is 5.87. The Morgan fingerprint density at radius 1 is 1.32 bits per heavy atom. The number of benzene rings is 1. The van der Waals surface area contributed by atoms with Crippen LogP contribution in [-0.2, 0) is 11.3 Å². The predicted octanol–water partition coefficient (Wildman–Crippen LogP) is 3.15. The lowest BCUT2D eigenvalue weighted by Crippen LogP contribution is -2.33. The molecule has 1 rings (SSSR count). The minimum Gasteiger partial charge on any atom is -0.449 e. The minimum absolute atomic E-state index is 0.281. The quantitative estimate of drug-likeness (QED) is 0.858. The number of nitrogens with zero attached hydrogens (tertiary/aromatic N) is 1. The van der Waals surface area contributed by atoms with Crippen molar-refractivity contribution >= 4 is 11.8 Å². The molecule has 1 amide bonds. The van der Waals surface area contributed by atoms with Gasteiger partial charge in [-0.25, -0.2) is 4.79 Å². The van der Waals surface area contributed by atoms with Crippen molar-refractivity contribution in [2.45, 2.75) is 33.7 Å². The summed E-state index contributed by atoms with van der Waals surface area (Å²) in [5.74, 6) is 0.340. The van der Waals surface area contributed by atoms with Gasteiger partial charge in [0.2, 0.25) is 0 Å². The number of nitrogens with two attached hydrogens (primary N) is 1. The lowest BCUT2D eigenvalue weighted by atomic mass is 10.2. The third-order valence-electron chi connectivity index (χ3n) is 2.69. The summed E-state index contributed by atoms with van der Waals surface area (Å²) in [6, 6.07) is 7.70. The molecule has 0 atom stereocenters. The lowest BCUT2D eigenvalue weighted by Gasteiger charge is -2.22. The Kier molecular flexibility index (Phi) is 6.36. The number of hydrogen-bond donors (Lipinski definition) is 1. The second kappa shape index (κ2) is 7.79. The van der Waals surface area contributed by atoms with E-state index in [1.54, 1.807) is 4.90 Å². The van der Waals surface area contributed by atoms with Gasteiger partial charge in [0.1, 0.15) is 0 Å². The van der Waals surface area contributed by atoms with Gasteiger partial charge in [-0.2, -0.15) is 0 Å². The normalized spacial score (nSPS) is 10.6. The van der Waals surface area contributed by atoms with Crippen molar-refractivity contribution < 1.29 is 9.53 Å². The zero-order valence-corrected chi connectivity index (χ0v) is 12.1. The topological polar surface area (TPSA) is 55.6 Å². The van der Waals surface area contributed by atoms with E-state index in [9.17, 15) is 4.79 Å². The molecular formula is C15H24N2O2. The van der Waals surface area contributed by atoms with E-state index >= 15 is 0 Å². The number of anilines is 1. The summed E-state index contributed by atoms with van der Waals surface area (Å²) in [5, 5.41) is 0. The van der Waals surface area contributed by atoms with Crippen LogP contribution in [0.25, 0.3) is 0 Å². The van der Waals surface area contributed by atoms with E-state index in [-0.39, 0.29) is 6.09 Å². The fourth-order valence-electron chi connectivity index (χ4n) is 1.68. The Balaban J connectivity index is 2.77. The van der Waals surface area contributed by atoms with Crippen LogP contribution >= 0.6 is 0 Å². The molecule has 0 saturated heterocycles. The molecule has 0 spiro atoms. The van der Waals surface area contributed by atoms with Gasteiger partial charge in [-0.15, -0.1) is 0 Å². The molecule has 0 aliphatic carbocycles. The lowest BCUT2D eigenvalue weighted by molar-refractivity contribution is 0.140. The second-order valence-corrected chi connectivity index (χ2v) is 4.99. The summed E-state index contributed by atoms with van der Waals surface area (Å²) in [5.41, 5.74) is 7.48. The van der Waals surface area contributed by atoms with Crippen LogP contribution in [0, 0.1) is 5.92 Å². The average Bonchev–Trinajstić information content (AvgIpc) is 2.42. The van der Waals surface area contributed by atoms with E-state index in [0.717, 1.165) is 17.7 Å². The molecule has 106 valence electrons. The van der Waals surface area contributed by atoms with Gasteiger partial charge in [0.05, 0.1) is 6.61 Å². The number of amides is 1. The van der Waals surface area contributed by atoms with Crippen LogP contribution in [0.1, 0.15) is 32.8 Å². The molecule has 0 heterocycles. The van der Waals surface area contributed by atoms with Gasteiger partial charge in [-0.05, 0) is 30.0 Å². The zero-order valence-electron chi connectivity index (χ0n) is 12.1. The first-order valence-electron chi connectivity index (χ1n) is 6.81. The van der Waals surface area contributed by atoms with E-state index in [2.05, 4.69) is 0 Å². The molecule has 0 aliphatic rings. The van der Waals surface area contributed by atoms with Gasteiger partial charge in [-0.3, -0.25) is 4.90 Å². The molecule has 4 nitrogen and oxygen atoms in total. The van der Waals surface area contributed by atoms with Gasteiger partial charge in [-0.1, -0.05) is 32.9 Å². The smallest absolute Gasteiger partial charge is 0.414 e. The molecular weight excluding hydrogens is 240 g/mol. The number of ether oxygens (including phenoxy) is 1. The molecule has 1 aromatic carbocycles. The van der Waals surface area contributed by atoms with Gasteiger partial charge in [0.25, 0.3) is 0 Å². The molecule has 0 bridgehead atoms. The molecule has 0 aliphatic heterocycles. The van der Waals surface area contributed by atoms with Crippen molar-refractivity contribution in [2.24, 2.45) is 11.7 Å². The third-order valence-corrected chi connectivity index (χ3v) is 2.69. The van der Waals surface area contributed by atoms with Gasteiger partial charge < -0.3 is 10.5 Å². The Bertz CT molecular complexity index is 388. The number of rotatable bonds is 6. The van der Waals surface area contributed by atoms with Crippen molar-refractivity contribution in [3.63, 3.8) is 0 Å². The predicted molar refractivity (Wildman–Crippen MR) is 78.2 cm³/mol. The van der Waals surface area contributed by atoms with Crippen LogP contribution in [0.2, 0.25) is 0 Å². The number of hydrogen-bond acceptors (Lipinski definition) is 3. The molecule has 0 fully saturated rings. The van der Waals surface area contributed by atoms with Crippen molar-refractivity contribution in [1.82, 2.24) is 0 Å². The zero-order chi connectivity index (χ0) is 14.3. The molecule has 1 aromatic rings. The highest BCUT2D eigenvalue weighted by Gasteiger charge is 2.16. The molecule has 4 heteroatoms. The Morgan fingerprint density at radius 2 is 1.95 bits per heavy atom. The minimum atomic E-state index is -0.281. The van der Waals surface area contributed by atoms with Gasteiger partial charge in [0.15, 0.2) is 0 Å². The summed E-state index contributed by atoms with van der Waals surface area (Å²) < 4.78 is 5.29. The van der Waals surface area contributed by atoms with Crippen LogP contribution in [0.4, 0.5) is 10.5 Å².